The van der Waals surface area contributed by atoms with Gasteiger partial charge in [-0.15, -0.1) is 0 Å². The van der Waals surface area contributed by atoms with Crippen LogP contribution in [0.25, 0.3) is 0 Å². The van der Waals surface area contributed by atoms with Gasteiger partial charge in [-0.3, -0.25) is 4.79 Å². The van der Waals surface area contributed by atoms with Gasteiger partial charge >= 0.3 is 5.97 Å². The molecule has 0 heterocycles. The lowest BCUT2D eigenvalue weighted by atomic mass is 10.1. The number of methoxy groups -OCH3 is 2. The Hall–Kier alpha value is -1.75. The van der Waals surface area contributed by atoms with E-state index in [1.165, 1.54) is 7.11 Å². The summed E-state index contributed by atoms with van der Waals surface area (Å²) in [7, 11) is 3.03. The van der Waals surface area contributed by atoms with E-state index in [1.54, 1.807) is 7.11 Å². The number of carbonyl (C=O) groups excluding carboxylic acids is 1. The summed E-state index contributed by atoms with van der Waals surface area (Å²) in [5, 5.41) is 3.24. The van der Waals surface area contributed by atoms with Gasteiger partial charge in [0, 0.05) is 12.1 Å². The molecule has 0 aliphatic carbocycles. The van der Waals surface area contributed by atoms with E-state index in [2.05, 4.69) is 5.32 Å². The minimum absolute atomic E-state index is 0.0436. The summed E-state index contributed by atoms with van der Waals surface area (Å²) in [5.41, 5.74) is 0.957. The predicted octanol–water partition coefficient (Wildman–Crippen LogP) is 2.91. The van der Waals surface area contributed by atoms with Crippen molar-refractivity contribution in [3.63, 3.8) is 0 Å². The van der Waals surface area contributed by atoms with Crippen molar-refractivity contribution < 1.29 is 19.0 Å². The maximum Gasteiger partial charge on any atom is 0.322 e. The zero-order valence-electron chi connectivity index (χ0n) is 14.1. The first kappa shape index (κ1) is 18.3. The fraction of sp³-hybridized carbons (Fsp3) is 0.588. The Morgan fingerprint density at radius 2 is 2.00 bits per heavy atom. The highest BCUT2D eigenvalue weighted by Gasteiger charge is 2.19. The third-order valence-corrected chi connectivity index (χ3v) is 3.24. The summed E-state index contributed by atoms with van der Waals surface area (Å²) < 4.78 is 16.1. The van der Waals surface area contributed by atoms with Crippen molar-refractivity contribution in [2.45, 2.75) is 52.3 Å². The monoisotopic (exact) mass is 309 g/mol. The van der Waals surface area contributed by atoms with E-state index in [1.807, 2.05) is 39.0 Å². The quantitative estimate of drug-likeness (QED) is 0.711. The largest absolute Gasteiger partial charge is 0.493 e. The summed E-state index contributed by atoms with van der Waals surface area (Å²) in [4.78, 5) is 11.8. The number of para-hydroxylation sites is 1. The van der Waals surface area contributed by atoms with E-state index in [0.29, 0.717) is 18.0 Å². The van der Waals surface area contributed by atoms with Gasteiger partial charge in [-0.1, -0.05) is 25.5 Å². The van der Waals surface area contributed by atoms with Crippen LogP contribution < -0.4 is 14.8 Å². The van der Waals surface area contributed by atoms with Crippen LogP contribution in [-0.2, 0) is 16.1 Å². The molecule has 5 heteroatoms. The first-order valence-electron chi connectivity index (χ1n) is 7.67. The molecule has 1 rings (SSSR count). The average Bonchev–Trinajstić information content (AvgIpc) is 2.51. The first-order chi connectivity index (χ1) is 10.5. The van der Waals surface area contributed by atoms with Crippen molar-refractivity contribution in [1.82, 2.24) is 5.32 Å². The summed E-state index contributed by atoms with van der Waals surface area (Å²) in [6.45, 7) is 6.49. The lowest BCUT2D eigenvalue weighted by molar-refractivity contribution is -0.143. The van der Waals surface area contributed by atoms with Gasteiger partial charge in [0.05, 0.1) is 20.3 Å². The molecule has 124 valence electrons. The van der Waals surface area contributed by atoms with Crippen LogP contribution in [0.1, 0.15) is 39.2 Å². The highest BCUT2D eigenvalue weighted by molar-refractivity contribution is 5.75. The Balaban J connectivity index is 2.89. The summed E-state index contributed by atoms with van der Waals surface area (Å²) in [6.07, 6.45) is 1.68. The van der Waals surface area contributed by atoms with Crippen molar-refractivity contribution in [2.24, 2.45) is 0 Å². The van der Waals surface area contributed by atoms with Crippen LogP contribution in [-0.4, -0.2) is 32.3 Å². The van der Waals surface area contributed by atoms with E-state index >= 15 is 0 Å². The number of hydrogen-bond acceptors (Lipinski definition) is 5. The van der Waals surface area contributed by atoms with E-state index in [4.69, 9.17) is 14.2 Å². The molecule has 0 aliphatic heterocycles. The van der Waals surface area contributed by atoms with Crippen LogP contribution in [0.5, 0.6) is 11.5 Å². The molecule has 0 amide bonds. The minimum atomic E-state index is -0.312. The van der Waals surface area contributed by atoms with Gasteiger partial charge < -0.3 is 19.5 Å². The van der Waals surface area contributed by atoms with Crippen LogP contribution in [0.2, 0.25) is 0 Å². The SMILES string of the molecule is CCC[C@H](NCc1cccc(OC)c1OC(C)C)C(=O)OC. The molecule has 0 fully saturated rings. The molecule has 0 unspecified atom stereocenters. The molecule has 1 atom stereocenters. The molecule has 0 bridgehead atoms. The van der Waals surface area contributed by atoms with Gasteiger partial charge in [0.2, 0.25) is 0 Å². The number of benzene rings is 1. The van der Waals surface area contributed by atoms with E-state index in [9.17, 15) is 4.79 Å². The summed E-state index contributed by atoms with van der Waals surface area (Å²) >= 11 is 0. The van der Waals surface area contributed by atoms with Crippen molar-refractivity contribution in [1.29, 1.82) is 0 Å². The molecule has 0 spiro atoms. The van der Waals surface area contributed by atoms with Crippen LogP contribution in [0.15, 0.2) is 18.2 Å². The van der Waals surface area contributed by atoms with Gasteiger partial charge in [-0.2, -0.15) is 0 Å². The number of hydrogen-bond donors (Lipinski definition) is 1. The maximum atomic E-state index is 11.8. The Morgan fingerprint density at radius 1 is 1.27 bits per heavy atom. The lowest BCUT2D eigenvalue weighted by Crippen LogP contribution is -2.37. The fourth-order valence-electron chi connectivity index (χ4n) is 2.20. The third kappa shape index (κ3) is 5.22. The molecule has 0 aromatic heterocycles. The van der Waals surface area contributed by atoms with Crippen molar-refractivity contribution >= 4 is 5.97 Å². The predicted molar refractivity (Wildman–Crippen MR) is 86.3 cm³/mol. The van der Waals surface area contributed by atoms with Gasteiger partial charge in [-0.25, -0.2) is 0 Å². The number of nitrogens with one attached hydrogen (secondary N) is 1. The number of rotatable bonds is 9. The maximum absolute atomic E-state index is 11.8. The van der Waals surface area contributed by atoms with E-state index in [0.717, 1.165) is 18.4 Å². The molecule has 22 heavy (non-hydrogen) atoms. The van der Waals surface area contributed by atoms with Crippen LogP contribution in [0.4, 0.5) is 0 Å². The fourth-order valence-corrected chi connectivity index (χ4v) is 2.20. The number of carbonyl (C=O) groups is 1. The average molecular weight is 309 g/mol. The topological polar surface area (TPSA) is 56.8 Å². The Morgan fingerprint density at radius 3 is 2.55 bits per heavy atom. The highest BCUT2D eigenvalue weighted by Crippen LogP contribution is 2.32. The van der Waals surface area contributed by atoms with Gasteiger partial charge in [0.15, 0.2) is 11.5 Å². The normalized spacial score (nSPS) is 12.1. The van der Waals surface area contributed by atoms with Crippen LogP contribution in [0, 0.1) is 0 Å². The van der Waals surface area contributed by atoms with Crippen LogP contribution in [0.3, 0.4) is 0 Å². The molecule has 5 nitrogen and oxygen atoms in total. The lowest BCUT2D eigenvalue weighted by Gasteiger charge is -2.20. The van der Waals surface area contributed by atoms with Crippen LogP contribution >= 0.6 is 0 Å². The van der Waals surface area contributed by atoms with E-state index in [-0.39, 0.29) is 18.1 Å². The first-order valence-corrected chi connectivity index (χ1v) is 7.67. The standard InChI is InChI=1S/C17H27NO4/c1-6-8-14(17(19)21-5)18-11-13-9-7-10-15(20-4)16(13)22-12(2)3/h7,9-10,12,14,18H,6,8,11H2,1-5H3/t14-/m0/s1. The molecular formula is C17H27NO4. The zero-order valence-corrected chi connectivity index (χ0v) is 14.1. The molecule has 0 saturated heterocycles. The van der Waals surface area contributed by atoms with Crippen molar-refractivity contribution in [3.05, 3.63) is 23.8 Å². The molecule has 0 saturated carbocycles. The van der Waals surface area contributed by atoms with E-state index < -0.39 is 0 Å². The highest BCUT2D eigenvalue weighted by atomic mass is 16.5. The number of ether oxygens (including phenoxy) is 3. The Labute approximate surface area is 132 Å². The zero-order chi connectivity index (χ0) is 16.5. The smallest absolute Gasteiger partial charge is 0.322 e. The van der Waals surface area contributed by atoms with Crippen molar-refractivity contribution in [2.75, 3.05) is 14.2 Å². The minimum Gasteiger partial charge on any atom is -0.493 e. The second-order valence-electron chi connectivity index (χ2n) is 5.36. The summed E-state index contributed by atoms with van der Waals surface area (Å²) in [5.74, 6) is 1.17. The third-order valence-electron chi connectivity index (χ3n) is 3.24. The van der Waals surface area contributed by atoms with Gasteiger partial charge in [0.25, 0.3) is 0 Å². The molecular weight excluding hydrogens is 282 g/mol. The van der Waals surface area contributed by atoms with Crippen molar-refractivity contribution in [3.8, 4) is 11.5 Å². The van der Waals surface area contributed by atoms with Gasteiger partial charge in [-0.05, 0) is 26.3 Å². The molecule has 1 aromatic rings. The molecule has 1 N–H and O–H groups in total. The molecule has 1 aromatic carbocycles. The Bertz CT molecular complexity index is 474. The molecule has 0 aliphatic rings. The number of esters is 1. The van der Waals surface area contributed by atoms with Gasteiger partial charge in [0.1, 0.15) is 6.04 Å². The second-order valence-corrected chi connectivity index (χ2v) is 5.36. The second kappa shape index (κ2) is 9.30. The Kier molecular flexibility index (Phi) is 7.74. The summed E-state index contributed by atoms with van der Waals surface area (Å²) in [6, 6.07) is 5.43. The molecule has 0 radical (unpaired) electrons.